The number of carbonyl (C=O) groups is 1. The van der Waals surface area contributed by atoms with Gasteiger partial charge in [0.25, 0.3) is 0 Å². The predicted octanol–water partition coefficient (Wildman–Crippen LogP) is 2.78. The van der Waals surface area contributed by atoms with Crippen molar-refractivity contribution in [3.63, 3.8) is 0 Å². The Labute approximate surface area is 131 Å². The van der Waals surface area contributed by atoms with Crippen LogP contribution in [0.2, 0.25) is 0 Å². The maximum absolute atomic E-state index is 13.6. The summed E-state index contributed by atoms with van der Waals surface area (Å²) in [5.74, 6) is -12.7. The second-order valence-electron chi connectivity index (χ2n) is 4.17. The Balaban J connectivity index is 0.00000242. The van der Waals surface area contributed by atoms with Crippen LogP contribution in [0.5, 0.6) is 5.88 Å². The monoisotopic (exact) mass is 361 g/mol. The van der Waals surface area contributed by atoms with Crippen LogP contribution in [0.4, 0.5) is 22.0 Å². The second kappa shape index (κ2) is 6.05. The maximum atomic E-state index is 13.6. The number of halogens is 5. The molecule has 1 radical (unpaired) electrons. The second-order valence-corrected chi connectivity index (χ2v) is 4.17. The summed E-state index contributed by atoms with van der Waals surface area (Å²) in [6.45, 7) is 2.28. The Kier molecular flexibility index (Phi) is 4.99. The molecule has 0 unspecified atom stereocenters. The van der Waals surface area contributed by atoms with Crippen LogP contribution in [0, 0.1) is 36.0 Å². The van der Waals surface area contributed by atoms with Crippen LogP contribution >= 0.6 is 0 Å². The van der Waals surface area contributed by atoms with Gasteiger partial charge in [0.05, 0.1) is 5.69 Å². The van der Waals surface area contributed by atoms with E-state index in [9.17, 15) is 31.9 Å². The predicted molar refractivity (Wildman–Crippen MR) is 59.8 cm³/mol. The molecule has 1 aromatic heterocycles. The molecule has 1 aromatic carbocycles. The quantitative estimate of drug-likeness (QED) is 0.294. The van der Waals surface area contributed by atoms with E-state index in [4.69, 9.17) is 0 Å². The normalized spacial score (nSPS) is 10.5. The third-order valence-electron chi connectivity index (χ3n) is 2.79. The Morgan fingerprint density at radius 2 is 1.41 bits per heavy atom. The summed E-state index contributed by atoms with van der Waals surface area (Å²) >= 11 is 0. The van der Waals surface area contributed by atoms with Gasteiger partial charge in [-0.3, -0.25) is 4.79 Å². The molecule has 1 heterocycles. The van der Waals surface area contributed by atoms with Gasteiger partial charge in [-0.05, 0) is 13.8 Å². The minimum absolute atomic E-state index is 0. The van der Waals surface area contributed by atoms with Crippen molar-refractivity contribution >= 4 is 5.78 Å². The zero-order valence-corrected chi connectivity index (χ0v) is 12.2. The van der Waals surface area contributed by atoms with E-state index < -0.39 is 46.4 Å². The van der Waals surface area contributed by atoms with Gasteiger partial charge in [-0.2, -0.15) is 9.78 Å². The van der Waals surface area contributed by atoms with E-state index in [1.807, 2.05) is 0 Å². The van der Waals surface area contributed by atoms with Gasteiger partial charge in [0.2, 0.25) is 11.7 Å². The number of hydrogen-bond acceptors (Lipinski definition) is 3. The zero-order valence-electron chi connectivity index (χ0n) is 11.0. The van der Waals surface area contributed by atoms with Gasteiger partial charge in [-0.1, -0.05) is 0 Å². The third-order valence-corrected chi connectivity index (χ3v) is 2.79. The molecule has 0 aliphatic heterocycles. The summed E-state index contributed by atoms with van der Waals surface area (Å²) in [5, 5.41) is 13.2. The minimum Gasteiger partial charge on any atom is -0.493 e. The van der Waals surface area contributed by atoms with Gasteiger partial charge < -0.3 is 5.11 Å². The van der Waals surface area contributed by atoms with Gasteiger partial charge in [0, 0.05) is 17.1 Å². The Morgan fingerprint density at radius 3 is 1.77 bits per heavy atom. The molecule has 22 heavy (non-hydrogen) atoms. The van der Waals surface area contributed by atoms with Crippen LogP contribution in [0.3, 0.4) is 0 Å². The molecular formula is C12H7F5MnN2O2. The third kappa shape index (κ3) is 2.48. The average molecular weight is 361 g/mol. The Bertz CT molecular complexity index is 747. The number of Topliss-reactive ketones (excluding diaryl/α,β-unsaturated/α-hetero) is 1. The summed E-state index contributed by atoms with van der Waals surface area (Å²) in [7, 11) is 0. The molecule has 0 bridgehead atoms. The number of rotatable bonds is 2. The first kappa shape index (κ1) is 18.1. The van der Waals surface area contributed by atoms with Crippen LogP contribution in [-0.4, -0.2) is 20.7 Å². The van der Waals surface area contributed by atoms with E-state index in [0.29, 0.717) is 0 Å². The summed E-state index contributed by atoms with van der Waals surface area (Å²) in [6.07, 6.45) is 0. The van der Waals surface area contributed by atoms with E-state index in [-0.39, 0.29) is 33.0 Å². The van der Waals surface area contributed by atoms with Crippen molar-refractivity contribution in [2.45, 2.75) is 13.8 Å². The fourth-order valence-corrected chi connectivity index (χ4v) is 1.86. The SMILES string of the molecule is CC(=O)c1c(C)nn(-c2c(F)c(F)c(F)c(F)c2F)c1O.[Mn]. The molecule has 1 N–H and O–H groups in total. The smallest absolute Gasteiger partial charge is 0.225 e. The number of aryl methyl sites for hydroxylation is 1. The molecule has 0 atom stereocenters. The molecule has 2 aromatic rings. The minimum atomic E-state index is -2.33. The number of carbonyl (C=O) groups excluding carboxylic acids is 1. The van der Waals surface area contributed by atoms with Gasteiger partial charge in [0.15, 0.2) is 29.1 Å². The molecule has 0 aliphatic carbocycles. The van der Waals surface area contributed by atoms with E-state index in [1.165, 1.54) is 6.92 Å². The number of hydrogen-bond donors (Lipinski definition) is 1. The molecule has 0 fully saturated rings. The number of ketones is 1. The van der Waals surface area contributed by atoms with Gasteiger partial charge >= 0.3 is 0 Å². The van der Waals surface area contributed by atoms with Crippen LogP contribution in [-0.2, 0) is 17.1 Å². The van der Waals surface area contributed by atoms with Crippen LogP contribution in [0.1, 0.15) is 23.0 Å². The number of nitrogens with zero attached hydrogens (tertiary/aromatic N) is 2. The molecule has 0 saturated carbocycles. The molecule has 10 heteroatoms. The van der Waals surface area contributed by atoms with Crippen molar-refractivity contribution in [1.29, 1.82) is 0 Å². The van der Waals surface area contributed by atoms with Crippen molar-refractivity contribution in [3.8, 4) is 11.6 Å². The van der Waals surface area contributed by atoms with Crippen molar-refractivity contribution in [2.75, 3.05) is 0 Å². The molecule has 0 saturated heterocycles. The molecule has 119 valence electrons. The van der Waals surface area contributed by atoms with Crippen LogP contribution < -0.4 is 0 Å². The van der Waals surface area contributed by atoms with Crippen LogP contribution in [0.25, 0.3) is 5.69 Å². The van der Waals surface area contributed by atoms with E-state index in [1.54, 1.807) is 0 Å². The fraction of sp³-hybridized carbons (Fsp3) is 0.167. The summed E-state index contributed by atoms with van der Waals surface area (Å²) < 4.78 is 66.6. The van der Waals surface area contributed by atoms with Gasteiger partial charge in [-0.15, -0.1) is 0 Å². The summed E-state index contributed by atoms with van der Waals surface area (Å²) in [6, 6.07) is 0. The van der Waals surface area contributed by atoms with Crippen LogP contribution in [0.15, 0.2) is 0 Å². The van der Waals surface area contributed by atoms with E-state index in [0.717, 1.165) is 6.92 Å². The maximum Gasteiger partial charge on any atom is 0.225 e. The molecule has 0 spiro atoms. The van der Waals surface area contributed by atoms with E-state index >= 15 is 0 Å². The fourth-order valence-electron chi connectivity index (χ4n) is 1.86. The standard InChI is InChI=1S/C12H7F5N2O2.Mn/c1-3-5(4(2)20)12(21)19(18-3)11-9(16)7(14)6(13)8(15)10(11)17;/h21H,1-2H3;. The van der Waals surface area contributed by atoms with Crippen molar-refractivity contribution in [1.82, 2.24) is 9.78 Å². The van der Waals surface area contributed by atoms with Crippen molar-refractivity contribution < 1.29 is 48.9 Å². The number of benzene rings is 1. The molecule has 0 amide bonds. The Morgan fingerprint density at radius 1 is 1.00 bits per heavy atom. The first-order valence-electron chi connectivity index (χ1n) is 5.49. The van der Waals surface area contributed by atoms with Gasteiger partial charge in [0.1, 0.15) is 11.3 Å². The molecule has 4 nitrogen and oxygen atoms in total. The summed E-state index contributed by atoms with van der Waals surface area (Å²) in [5.41, 5.74) is -1.96. The number of aromatic nitrogens is 2. The first-order chi connectivity index (χ1) is 9.68. The first-order valence-corrected chi connectivity index (χ1v) is 5.49. The molecule has 0 aliphatic rings. The topological polar surface area (TPSA) is 55.1 Å². The zero-order chi connectivity index (χ0) is 16.1. The van der Waals surface area contributed by atoms with E-state index in [2.05, 4.69) is 5.10 Å². The largest absolute Gasteiger partial charge is 0.493 e. The molecular weight excluding hydrogens is 354 g/mol. The average Bonchev–Trinajstić information content (AvgIpc) is 2.70. The van der Waals surface area contributed by atoms with Gasteiger partial charge in [-0.25, -0.2) is 22.0 Å². The summed E-state index contributed by atoms with van der Waals surface area (Å²) in [4.78, 5) is 11.3. The molecule has 2 rings (SSSR count). The van der Waals surface area contributed by atoms with Crippen molar-refractivity contribution in [3.05, 3.63) is 40.3 Å². The number of aromatic hydroxyl groups is 1. The van der Waals surface area contributed by atoms with Crippen molar-refractivity contribution in [2.24, 2.45) is 0 Å². The Hall–Kier alpha value is -1.93.